The molecule has 0 atom stereocenters. The molecule has 0 aliphatic heterocycles. The van der Waals surface area contributed by atoms with Gasteiger partial charge in [-0.2, -0.15) is 5.26 Å². The highest BCUT2D eigenvalue weighted by Crippen LogP contribution is 1.49. The van der Waals surface area contributed by atoms with Gasteiger partial charge in [0.25, 0.3) is 0 Å². The van der Waals surface area contributed by atoms with Crippen LogP contribution in [0.4, 0.5) is 0 Å². The van der Waals surface area contributed by atoms with Crippen molar-refractivity contribution in [2.75, 3.05) is 0 Å². The van der Waals surface area contributed by atoms with Gasteiger partial charge in [0.1, 0.15) is 0 Å². The number of aliphatic imine (C=N–C) groups is 1. The number of rotatable bonds is 0. The van der Waals surface area contributed by atoms with E-state index in [1.165, 1.54) is 6.19 Å². The van der Waals surface area contributed by atoms with Crippen molar-refractivity contribution >= 4 is 5.96 Å². The Morgan fingerprint density at radius 1 is 1.57 bits per heavy atom. The highest BCUT2D eigenvalue weighted by molar-refractivity contribution is 5.76. The molecule has 0 radical (unpaired) electrons. The molecule has 0 amide bonds. The number of hydrogen-bond acceptors (Lipinski definition) is 2. The van der Waals surface area contributed by atoms with Crippen molar-refractivity contribution in [2.45, 2.75) is 0 Å². The first-order chi connectivity index (χ1) is 2.77. The second kappa shape index (κ2) is 4.72. The molecule has 0 unspecified atom stereocenters. The second-order valence-electron chi connectivity index (χ2n) is 0.637. The molecular formula is C2H8N5+. The van der Waals surface area contributed by atoms with Gasteiger partial charge in [0.15, 0.2) is 0 Å². The second-order valence-corrected chi connectivity index (χ2v) is 0.637. The molecule has 0 saturated carbocycles. The monoisotopic (exact) mass is 102 g/mol. The Balaban J connectivity index is 0. The Labute approximate surface area is 41.2 Å². The number of nitriles is 1. The van der Waals surface area contributed by atoms with Gasteiger partial charge in [-0.1, -0.05) is 0 Å². The van der Waals surface area contributed by atoms with Crippen molar-refractivity contribution in [3.05, 3.63) is 0 Å². The van der Waals surface area contributed by atoms with E-state index < -0.39 is 0 Å². The maximum atomic E-state index is 7.64. The van der Waals surface area contributed by atoms with Gasteiger partial charge in [-0.3, -0.25) is 0 Å². The quantitative estimate of drug-likeness (QED) is 0.209. The van der Waals surface area contributed by atoms with Crippen LogP contribution in [-0.4, -0.2) is 5.96 Å². The highest BCUT2D eigenvalue weighted by Gasteiger charge is 1.67. The van der Waals surface area contributed by atoms with Gasteiger partial charge < -0.3 is 17.6 Å². The molecule has 5 heteroatoms. The van der Waals surface area contributed by atoms with E-state index in [1.54, 1.807) is 0 Å². The molecule has 0 spiro atoms. The standard InChI is InChI=1S/C2H4N4.H3N/c3-1-6-2(4)5;/h(H4,4,5,6);1H3/p+1. The van der Waals surface area contributed by atoms with Crippen molar-refractivity contribution in [2.24, 2.45) is 16.5 Å². The van der Waals surface area contributed by atoms with Crippen LogP contribution in [0, 0.1) is 11.5 Å². The minimum Gasteiger partial charge on any atom is -0.369 e. The van der Waals surface area contributed by atoms with E-state index in [0.717, 1.165) is 0 Å². The summed E-state index contributed by atoms with van der Waals surface area (Å²) in [6, 6.07) is 0. The molecule has 0 bridgehead atoms. The fourth-order valence-corrected chi connectivity index (χ4v) is 0.0577. The molecule has 0 saturated heterocycles. The number of nitrogens with zero attached hydrogens (tertiary/aromatic N) is 2. The third kappa shape index (κ3) is 11.8. The first-order valence-corrected chi connectivity index (χ1v) is 1.25. The van der Waals surface area contributed by atoms with Gasteiger partial charge in [0.05, 0.1) is 0 Å². The lowest BCUT2D eigenvalue weighted by atomic mass is 11.1. The SMILES string of the molecule is N#CN=C(N)N.[NH4+]. The summed E-state index contributed by atoms with van der Waals surface area (Å²) in [4.78, 5) is 2.90. The summed E-state index contributed by atoms with van der Waals surface area (Å²) in [5.74, 6) is -0.197. The first-order valence-electron chi connectivity index (χ1n) is 1.25. The average molecular weight is 102 g/mol. The van der Waals surface area contributed by atoms with Crippen LogP contribution in [-0.2, 0) is 0 Å². The van der Waals surface area contributed by atoms with Crippen LogP contribution >= 0.6 is 0 Å². The topological polar surface area (TPSA) is 125 Å². The van der Waals surface area contributed by atoms with E-state index in [1.807, 2.05) is 0 Å². The highest BCUT2D eigenvalue weighted by atomic mass is 15.0. The molecule has 0 aromatic rings. The van der Waals surface area contributed by atoms with E-state index >= 15 is 0 Å². The zero-order chi connectivity index (χ0) is 4.99. The molecule has 0 heterocycles. The molecule has 0 rings (SSSR count). The summed E-state index contributed by atoms with van der Waals surface area (Å²) in [6.45, 7) is 0. The Kier molecular flexibility index (Phi) is 6.21. The fourth-order valence-electron chi connectivity index (χ4n) is 0.0577. The van der Waals surface area contributed by atoms with E-state index in [2.05, 4.69) is 4.99 Å². The Morgan fingerprint density at radius 2 is 2.00 bits per heavy atom. The number of hydrogen-bond donors (Lipinski definition) is 3. The predicted molar refractivity (Wildman–Crippen MR) is 27.4 cm³/mol. The third-order valence-electron chi connectivity index (χ3n) is 0.179. The maximum Gasteiger partial charge on any atom is 0.209 e. The minimum atomic E-state index is -0.197. The van der Waals surface area contributed by atoms with Gasteiger partial charge in [0.2, 0.25) is 12.2 Å². The summed E-state index contributed by atoms with van der Waals surface area (Å²) in [6.07, 6.45) is 1.41. The first kappa shape index (κ1) is 9.21. The summed E-state index contributed by atoms with van der Waals surface area (Å²) >= 11 is 0. The number of quaternary nitrogens is 1. The molecular weight excluding hydrogens is 94.1 g/mol. The molecule has 0 aliphatic rings. The van der Waals surface area contributed by atoms with E-state index in [0.29, 0.717) is 0 Å². The van der Waals surface area contributed by atoms with Crippen molar-refractivity contribution in [1.82, 2.24) is 6.15 Å². The van der Waals surface area contributed by atoms with Crippen LogP contribution in [0.1, 0.15) is 0 Å². The summed E-state index contributed by atoms with van der Waals surface area (Å²) in [5.41, 5.74) is 9.42. The lowest BCUT2D eigenvalue weighted by molar-refractivity contribution is 1.39. The van der Waals surface area contributed by atoms with Crippen LogP contribution in [0.3, 0.4) is 0 Å². The fraction of sp³-hybridized carbons (Fsp3) is 0. The Morgan fingerprint density at radius 3 is 2.00 bits per heavy atom. The maximum absolute atomic E-state index is 7.64. The smallest absolute Gasteiger partial charge is 0.209 e. The van der Waals surface area contributed by atoms with Gasteiger partial charge in [-0.15, -0.1) is 4.99 Å². The van der Waals surface area contributed by atoms with Crippen LogP contribution in [0.5, 0.6) is 0 Å². The largest absolute Gasteiger partial charge is 0.369 e. The predicted octanol–water partition coefficient (Wildman–Crippen LogP) is -0.883. The lowest BCUT2D eigenvalue weighted by Gasteiger charge is -1.74. The van der Waals surface area contributed by atoms with E-state index in [-0.39, 0.29) is 12.1 Å². The molecule has 0 fully saturated rings. The van der Waals surface area contributed by atoms with Crippen molar-refractivity contribution < 1.29 is 0 Å². The Bertz CT molecular complexity index is 93.1. The van der Waals surface area contributed by atoms with E-state index in [9.17, 15) is 0 Å². The van der Waals surface area contributed by atoms with E-state index in [4.69, 9.17) is 16.7 Å². The minimum absolute atomic E-state index is 0. The van der Waals surface area contributed by atoms with Gasteiger partial charge in [-0.05, 0) is 0 Å². The average Bonchev–Trinajstić information content (AvgIpc) is 1.35. The summed E-state index contributed by atoms with van der Waals surface area (Å²) in [5, 5.41) is 7.64. The molecule has 0 aliphatic carbocycles. The zero-order valence-electron chi connectivity index (χ0n) is 4.05. The third-order valence-corrected chi connectivity index (χ3v) is 0.179. The molecule has 7 heavy (non-hydrogen) atoms. The van der Waals surface area contributed by atoms with Crippen molar-refractivity contribution in [3.8, 4) is 6.19 Å². The van der Waals surface area contributed by atoms with Crippen LogP contribution in [0.15, 0.2) is 4.99 Å². The normalized spacial score (nSPS) is 5.00. The van der Waals surface area contributed by atoms with Crippen LogP contribution in [0.2, 0.25) is 0 Å². The van der Waals surface area contributed by atoms with Gasteiger partial charge in [-0.25, -0.2) is 0 Å². The molecule has 0 aromatic carbocycles. The van der Waals surface area contributed by atoms with Crippen LogP contribution in [0.25, 0.3) is 0 Å². The zero-order valence-corrected chi connectivity index (χ0v) is 4.05. The van der Waals surface area contributed by atoms with Crippen molar-refractivity contribution in [1.29, 1.82) is 5.26 Å². The number of guanidine groups is 1. The molecule has 40 valence electrons. The lowest BCUT2D eigenvalue weighted by Crippen LogP contribution is -2.21. The molecule has 8 N–H and O–H groups in total. The number of nitrogens with two attached hydrogens (primary N) is 2. The summed E-state index contributed by atoms with van der Waals surface area (Å²) < 4.78 is 0. The summed E-state index contributed by atoms with van der Waals surface area (Å²) in [7, 11) is 0. The van der Waals surface area contributed by atoms with Crippen LogP contribution < -0.4 is 17.6 Å². The van der Waals surface area contributed by atoms with Gasteiger partial charge in [0, 0.05) is 0 Å². The van der Waals surface area contributed by atoms with Gasteiger partial charge >= 0.3 is 0 Å². The Hall–Kier alpha value is -1.28. The molecule has 0 aromatic heterocycles. The van der Waals surface area contributed by atoms with Crippen molar-refractivity contribution in [3.63, 3.8) is 0 Å². The molecule has 5 nitrogen and oxygen atoms in total.